The second-order valence-electron chi connectivity index (χ2n) is 2.98. The van der Waals surface area contributed by atoms with E-state index < -0.39 is 0 Å². The Balaban J connectivity index is 2.37. The van der Waals surface area contributed by atoms with E-state index in [-0.39, 0.29) is 31.3 Å². The summed E-state index contributed by atoms with van der Waals surface area (Å²) in [5.74, 6) is 0.0842. The van der Waals surface area contributed by atoms with E-state index in [4.69, 9.17) is 20.7 Å². The van der Waals surface area contributed by atoms with Crippen molar-refractivity contribution in [2.45, 2.75) is 18.6 Å². The Bertz CT molecular complexity index is 120. The summed E-state index contributed by atoms with van der Waals surface area (Å²) in [5, 5.41) is 17.6. The van der Waals surface area contributed by atoms with E-state index >= 15 is 0 Å². The molecule has 1 aliphatic rings. The van der Waals surface area contributed by atoms with E-state index in [1.54, 1.807) is 0 Å². The van der Waals surface area contributed by atoms with E-state index in [0.717, 1.165) is 0 Å². The lowest BCUT2D eigenvalue weighted by Gasteiger charge is -2.32. The fraction of sp³-hybridized carbons (Fsp3) is 1.00. The van der Waals surface area contributed by atoms with Gasteiger partial charge in [-0.1, -0.05) is 0 Å². The third-order valence-electron chi connectivity index (χ3n) is 2.13. The second kappa shape index (κ2) is 4.01. The summed E-state index contributed by atoms with van der Waals surface area (Å²) in [5.41, 5.74) is 5.64. The van der Waals surface area contributed by atoms with E-state index in [1.807, 2.05) is 0 Å². The number of aliphatic hydroxyl groups is 2. The van der Waals surface area contributed by atoms with Gasteiger partial charge in [0.15, 0.2) is 0 Å². The highest BCUT2D eigenvalue weighted by Crippen LogP contribution is 2.18. The lowest BCUT2D eigenvalue weighted by atomic mass is 9.93. The molecule has 1 heterocycles. The molecule has 4 nitrogen and oxygen atoms in total. The second-order valence-corrected chi connectivity index (χ2v) is 2.98. The van der Waals surface area contributed by atoms with Crippen molar-refractivity contribution >= 4 is 0 Å². The molecule has 0 bridgehead atoms. The fourth-order valence-corrected chi connectivity index (χ4v) is 1.30. The van der Waals surface area contributed by atoms with E-state index in [1.165, 1.54) is 0 Å². The summed E-state index contributed by atoms with van der Waals surface area (Å²) in [7, 11) is 0. The van der Waals surface area contributed by atoms with Gasteiger partial charge in [-0.2, -0.15) is 0 Å². The number of aliphatic hydroxyl groups excluding tert-OH is 2. The van der Waals surface area contributed by atoms with Crippen LogP contribution in [0.2, 0.25) is 0 Å². The van der Waals surface area contributed by atoms with Gasteiger partial charge in [-0.15, -0.1) is 0 Å². The molecule has 1 aliphatic heterocycles. The van der Waals surface area contributed by atoms with Gasteiger partial charge in [0.1, 0.15) is 0 Å². The van der Waals surface area contributed by atoms with Gasteiger partial charge in [0.05, 0.1) is 19.3 Å². The molecule has 1 fully saturated rings. The molecule has 4 heteroatoms. The molecule has 0 saturated carbocycles. The van der Waals surface area contributed by atoms with Crippen molar-refractivity contribution in [1.29, 1.82) is 0 Å². The van der Waals surface area contributed by atoms with Crippen LogP contribution < -0.4 is 5.73 Å². The highest BCUT2D eigenvalue weighted by atomic mass is 16.5. The van der Waals surface area contributed by atoms with Gasteiger partial charge < -0.3 is 20.7 Å². The third-order valence-corrected chi connectivity index (χ3v) is 2.13. The predicted molar refractivity (Wildman–Crippen MR) is 40.0 cm³/mol. The molecule has 3 unspecified atom stereocenters. The molecule has 0 radical (unpaired) electrons. The van der Waals surface area contributed by atoms with Crippen molar-refractivity contribution in [2.75, 3.05) is 19.8 Å². The average molecular weight is 161 g/mol. The van der Waals surface area contributed by atoms with Crippen LogP contribution in [0.25, 0.3) is 0 Å². The first-order valence-electron chi connectivity index (χ1n) is 3.86. The molecule has 11 heavy (non-hydrogen) atoms. The third kappa shape index (κ3) is 2.13. The number of ether oxygens (including phenoxy) is 1. The normalized spacial score (nSPS) is 39.0. The SMILES string of the molecule is NC1COC(CO)CC1CO. The van der Waals surface area contributed by atoms with Crippen LogP contribution in [0.4, 0.5) is 0 Å². The van der Waals surface area contributed by atoms with Crippen molar-refractivity contribution in [1.82, 2.24) is 0 Å². The van der Waals surface area contributed by atoms with Crippen LogP contribution in [0.15, 0.2) is 0 Å². The van der Waals surface area contributed by atoms with Crippen LogP contribution in [0.1, 0.15) is 6.42 Å². The zero-order valence-electron chi connectivity index (χ0n) is 6.44. The largest absolute Gasteiger partial charge is 0.396 e. The smallest absolute Gasteiger partial charge is 0.0810 e. The van der Waals surface area contributed by atoms with Gasteiger partial charge in [0.25, 0.3) is 0 Å². The zero-order chi connectivity index (χ0) is 8.27. The Hall–Kier alpha value is -0.160. The maximum absolute atomic E-state index is 8.86. The van der Waals surface area contributed by atoms with Crippen molar-refractivity contribution in [3.05, 3.63) is 0 Å². The van der Waals surface area contributed by atoms with Crippen LogP contribution in [0.5, 0.6) is 0 Å². The molecule has 1 saturated heterocycles. The van der Waals surface area contributed by atoms with Gasteiger partial charge in [-0.25, -0.2) is 0 Å². The van der Waals surface area contributed by atoms with Gasteiger partial charge in [-0.3, -0.25) is 0 Å². The molecule has 0 amide bonds. The monoisotopic (exact) mass is 161 g/mol. The first-order chi connectivity index (χ1) is 5.27. The maximum Gasteiger partial charge on any atom is 0.0810 e. The van der Waals surface area contributed by atoms with E-state index in [0.29, 0.717) is 13.0 Å². The quantitative estimate of drug-likeness (QED) is 0.470. The minimum atomic E-state index is -0.132. The topological polar surface area (TPSA) is 75.7 Å². The predicted octanol–water partition coefficient (Wildman–Crippen LogP) is -1.30. The molecule has 4 N–H and O–H groups in total. The number of hydrogen-bond donors (Lipinski definition) is 3. The van der Waals surface area contributed by atoms with Crippen LogP contribution >= 0.6 is 0 Å². The lowest BCUT2D eigenvalue weighted by molar-refractivity contribution is -0.0570. The Morgan fingerprint density at radius 3 is 2.64 bits per heavy atom. The summed E-state index contributed by atoms with van der Waals surface area (Å²) in [4.78, 5) is 0. The van der Waals surface area contributed by atoms with E-state index in [2.05, 4.69) is 0 Å². The average Bonchev–Trinajstić information content (AvgIpc) is 2.05. The molecule has 0 aliphatic carbocycles. The van der Waals surface area contributed by atoms with Crippen LogP contribution in [-0.2, 0) is 4.74 Å². The van der Waals surface area contributed by atoms with Gasteiger partial charge >= 0.3 is 0 Å². The number of hydrogen-bond acceptors (Lipinski definition) is 4. The summed E-state index contributed by atoms with van der Waals surface area (Å²) < 4.78 is 5.19. The van der Waals surface area contributed by atoms with Gasteiger partial charge in [-0.05, 0) is 6.42 Å². The Labute approximate surface area is 66.0 Å². The molecular weight excluding hydrogens is 146 g/mol. The lowest BCUT2D eigenvalue weighted by Crippen LogP contribution is -2.45. The zero-order valence-corrected chi connectivity index (χ0v) is 6.44. The van der Waals surface area contributed by atoms with Crippen molar-refractivity contribution in [2.24, 2.45) is 11.7 Å². The molecule has 66 valence electrons. The Morgan fingerprint density at radius 2 is 2.09 bits per heavy atom. The van der Waals surface area contributed by atoms with Gasteiger partial charge in [0, 0.05) is 18.6 Å². The standard InChI is InChI=1S/C7H15NO3/c8-7-4-11-6(3-10)1-5(7)2-9/h5-7,9-10H,1-4,8H2. The molecule has 0 aromatic heterocycles. The summed E-state index contributed by atoms with van der Waals surface area (Å²) >= 11 is 0. The van der Waals surface area contributed by atoms with Crippen LogP contribution in [0, 0.1) is 5.92 Å². The maximum atomic E-state index is 8.86. The summed E-state index contributed by atoms with van der Waals surface area (Å²) in [6.45, 7) is 0.542. The molecule has 0 spiro atoms. The van der Waals surface area contributed by atoms with Crippen LogP contribution in [-0.4, -0.2) is 42.2 Å². The highest BCUT2D eigenvalue weighted by Gasteiger charge is 2.27. The van der Waals surface area contributed by atoms with Crippen LogP contribution in [0.3, 0.4) is 0 Å². The van der Waals surface area contributed by atoms with Crippen molar-refractivity contribution < 1.29 is 14.9 Å². The summed E-state index contributed by atoms with van der Waals surface area (Å²) in [6, 6.07) is -0.0807. The Morgan fingerprint density at radius 1 is 1.36 bits per heavy atom. The van der Waals surface area contributed by atoms with E-state index in [9.17, 15) is 0 Å². The van der Waals surface area contributed by atoms with Crippen molar-refractivity contribution in [3.8, 4) is 0 Å². The fourth-order valence-electron chi connectivity index (χ4n) is 1.30. The van der Waals surface area contributed by atoms with Gasteiger partial charge in [0.2, 0.25) is 0 Å². The molecular formula is C7H15NO3. The van der Waals surface area contributed by atoms with Crippen molar-refractivity contribution in [3.63, 3.8) is 0 Å². The Kier molecular flexibility index (Phi) is 3.26. The highest BCUT2D eigenvalue weighted by molar-refractivity contribution is 4.80. The first-order valence-corrected chi connectivity index (χ1v) is 3.86. The molecule has 3 atom stereocenters. The summed E-state index contributed by atoms with van der Waals surface area (Å²) in [6.07, 6.45) is 0.528. The molecule has 0 aromatic carbocycles. The minimum absolute atomic E-state index is 0.0171. The molecule has 1 rings (SSSR count). The minimum Gasteiger partial charge on any atom is -0.396 e. The first kappa shape index (κ1) is 8.93. The number of rotatable bonds is 2. The number of nitrogens with two attached hydrogens (primary N) is 1. The molecule has 0 aromatic rings.